The number of hydrogen-bond donors (Lipinski definition) is 2. The zero-order valence-electron chi connectivity index (χ0n) is 11.8. The third-order valence-electron chi connectivity index (χ3n) is 3.93. The van der Waals surface area contributed by atoms with Crippen molar-refractivity contribution >= 4 is 15.7 Å². The Balaban J connectivity index is 1.80. The summed E-state index contributed by atoms with van der Waals surface area (Å²) in [6.07, 6.45) is 1.47. The topological polar surface area (TPSA) is 72.2 Å². The van der Waals surface area contributed by atoms with Gasteiger partial charge < -0.3 is 5.73 Å². The zero-order valence-corrected chi connectivity index (χ0v) is 12.7. The van der Waals surface area contributed by atoms with Gasteiger partial charge in [0.1, 0.15) is 0 Å². The Labute approximate surface area is 125 Å². The maximum atomic E-state index is 12.4. The first kappa shape index (κ1) is 14.1. The number of sulfonamides is 1. The second-order valence-corrected chi connectivity index (χ2v) is 7.23. The van der Waals surface area contributed by atoms with Crippen molar-refractivity contribution in [3.63, 3.8) is 0 Å². The summed E-state index contributed by atoms with van der Waals surface area (Å²) in [5.74, 6) is 0. The van der Waals surface area contributed by atoms with E-state index in [0.717, 1.165) is 18.4 Å². The van der Waals surface area contributed by atoms with Gasteiger partial charge in [-0.2, -0.15) is 0 Å². The molecule has 0 aliphatic heterocycles. The number of aryl methyl sites for hydroxylation is 1. The van der Waals surface area contributed by atoms with E-state index in [1.54, 1.807) is 12.1 Å². The Morgan fingerprint density at radius 2 is 1.71 bits per heavy atom. The lowest BCUT2D eigenvalue weighted by molar-refractivity contribution is 0.555. The lowest BCUT2D eigenvalue weighted by atomic mass is 10.1. The Bertz CT molecular complexity index is 760. The fourth-order valence-corrected chi connectivity index (χ4v) is 3.99. The molecule has 0 amide bonds. The molecule has 2 aromatic carbocycles. The molecule has 0 fully saturated rings. The van der Waals surface area contributed by atoms with Crippen molar-refractivity contribution in [2.45, 2.75) is 30.7 Å². The van der Waals surface area contributed by atoms with Crippen LogP contribution in [0.4, 0.5) is 5.69 Å². The number of nitrogens with two attached hydrogens (primary N) is 1. The number of anilines is 1. The summed E-state index contributed by atoms with van der Waals surface area (Å²) >= 11 is 0. The molecule has 0 heterocycles. The number of benzene rings is 2. The van der Waals surface area contributed by atoms with Crippen LogP contribution >= 0.6 is 0 Å². The molecule has 0 aromatic heterocycles. The zero-order chi connectivity index (χ0) is 15.0. The molecule has 4 nitrogen and oxygen atoms in total. The van der Waals surface area contributed by atoms with Gasteiger partial charge >= 0.3 is 0 Å². The monoisotopic (exact) mass is 302 g/mol. The molecule has 0 unspecified atom stereocenters. The van der Waals surface area contributed by atoms with Crippen LogP contribution in [0.1, 0.15) is 16.7 Å². The van der Waals surface area contributed by atoms with Crippen molar-refractivity contribution in [2.75, 3.05) is 5.73 Å². The minimum absolute atomic E-state index is 0.0880. The van der Waals surface area contributed by atoms with Crippen LogP contribution in [-0.4, -0.2) is 14.5 Å². The summed E-state index contributed by atoms with van der Waals surface area (Å²) in [7, 11) is -3.53. The largest absolute Gasteiger partial charge is 0.398 e. The first-order chi connectivity index (χ1) is 9.95. The molecule has 0 saturated carbocycles. The first-order valence-corrected chi connectivity index (χ1v) is 8.39. The molecule has 3 rings (SSSR count). The van der Waals surface area contributed by atoms with Gasteiger partial charge in [-0.1, -0.05) is 30.3 Å². The Hall–Kier alpha value is -1.85. The Morgan fingerprint density at radius 3 is 2.29 bits per heavy atom. The molecule has 1 aliphatic carbocycles. The molecule has 5 heteroatoms. The summed E-state index contributed by atoms with van der Waals surface area (Å²) in [5.41, 5.74) is 9.61. The lowest BCUT2D eigenvalue weighted by Crippen LogP contribution is -2.35. The molecule has 0 atom stereocenters. The smallest absolute Gasteiger partial charge is 0.240 e. The van der Waals surface area contributed by atoms with Crippen molar-refractivity contribution < 1.29 is 8.42 Å². The lowest BCUT2D eigenvalue weighted by Gasteiger charge is -2.13. The highest BCUT2D eigenvalue weighted by atomic mass is 32.2. The molecule has 2 aromatic rings. The minimum atomic E-state index is -3.53. The standard InChI is InChI=1S/C16H18N2O2S/c1-11-6-7-15(10-16(11)17)21(19,20)18-14-8-12-4-2-3-5-13(12)9-14/h2-7,10,14,18H,8-9,17H2,1H3. The van der Waals surface area contributed by atoms with Gasteiger partial charge in [-0.05, 0) is 48.6 Å². The van der Waals surface area contributed by atoms with Gasteiger partial charge in [-0.15, -0.1) is 0 Å². The maximum Gasteiger partial charge on any atom is 0.240 e. The van der Waals surface area contributed by atoms with E-state index in [1.165, 1.54) is 17.2 Å². The first-order valence-electron chi connectivity index (χ1n) is 6.91. The van der Waals surface area contributed by atoms with Gasteiger partial charge in [0.15, 0.2) is 0 Å². The van der Waals surface area contributed by atoms with Crippen molar-refractivity contribution in [1.82, 2.24) is 4.72 Å². The fraction of sp³-hybridized carbons (Fsp3) is 0.250. The highest BCUT2D eigenvalue weighted by Gasteiger charge is 2.26. The van der Waals surface area contributed by atoms with Crippen LogP contribution in [-0.2, 0) is 22.9 Å². The highest BCUT2D eigenvalue weighted by Crippen LogP contribution is 2.24. The van der Waals surface area contributed by atoms with E-state index in [4.69, 9.17) is 5.73 Å². The van der Waals surface area contributed by atoms with Gasteiger partial charge in [0.25, 0.3) is 0 Å². The summed E-state index contributed by atoms with van der Waals surface area (Å²) in [6.45, 7) is 1.85. The molecule has 110 valence electrons. The molecule has 1 aliphatic rings. The molecule has 3 N–H and O–H groups in total. The van der Waals surface area contributed by atoms with E-state index in [1.807, 2.05) is 31.2 Å². The van der Waals surface area contributed by atoms with E-state index in [-0.39, 0.29) is 10.9 Å². The molecule has 0 spiro atoms. The van der Waals surface area contributed by atoms with Crippen LogP contribution in [0.15, 0.2) is 47.4 Å². The van der Waals surface area contributed by atoms with Crippen LogP contribution in [0.3, 0.4) is 0 Å². The number of nitrogens with one attached hydrogen (secondary N) is 1. The second kappa shape index (κ2) is 5.16. The number of fused-ring (bicyclic) bond motifs is 1. The number of nitrogen functional groups attached to an aromatic ring is 1. The van der Waals surface area contributed by atoms with Crippen LogP contribution < -0.4 is 10.5 Å². The van der Waals surface area contributed by atoms with Gasteiger partial charge in [-0.25, -0.2) is 13.1 Å². The predicted molar refractivity (Wildman–Crippen MR) is 83.6 cm³/mol. The van der Waals surface area contributed by atoms with E-state index in [0.29, 0.717) is 5.69 Å². The van der Waals surface area contributed by atoms with Crippen LogP contribution in [0.5, 0.6) is 0 Å². The number of rotatable bonds is 3. The quantitative estimate of drug-likeness (QED) is 0.852. The average molecular weight is 302 g/mol. The van der Waals surface area contributed by atoms with Crippen molar-refractivity contribution in [3.8, 4) is 0 Å². The van der Waals surface area contributed by atoms with Crippen LogP contribution in [0, 0.1) is 6.92 Å². The molecule has 0 bridgehead atoms. The third-order valence-corrected chi connectivity index (χ3v) is 5.45. The maximum absolute atomic E-state index is 12.4. The van der Waals surface area contributed by atoms with E-state index >= 15 is 0 Å². The second-order valence-electron chi connectivity index (χ2n) is 5.51. The summed E-state index contributed by atoms with van der Waals surface area (Å²) in [6, 6.07) is 12.8. The fourth-order valence-electron chi connectivity index (χ4n) is 2.72. The highest BCUT2D eigenvalue weighted by molar-refractivity contribution is 7.89. The summed E-state index contributed by atoms with van der Waals surface area (Å²) < 4.78 is 27.7. The van der Waals surface area contributed by atoms with Crippen molar-refractivity contribution in [2.24, 2.45) is 0 Å². The van der Waals surface area contributed by atoms with E-state index < -0.39 is 10.0 Å². The van der Waals surface area contributed by atoms with Gasteiger partial charge in [0.05, 0.1) is 4.90 Å². The Morgan fingerprint density at radius 1 is 1.10 bits per heavy atom. The average Bonchev–Trinajstić information content (AvgIpc) is 2.82. The van der Waals surface area contributed by atoms with Crippen LogP contribution in [0.2, 0.25) is 0 Å². The Kier molecular flexibility index (Phi) is 3.47. The SMILES string of the molecule is Cc1ccc(S(=O)(=O)NC2Cc3ccccc3C2)cc1N. The van der Waals surface area contributed by atoms with Gasteiger partial charge in [0.2, 0.25) is 10.0 Å². The molecule has 0 saturated heterocycles. The molecule has 0 radical (unpaired) electrons. The third kappa shape index (κ3) is 2.80. The number of hydrogen-bond acceptors (Lipinski definition) is 3. The summed E-state index contributed by atoms with van der Waals surface area (Å²) in [5, 5.41) is 0. The van der Waals surface area contributed by atoms with Crippen LogP contribution in [0.25, 0.3) is 0 Å². The van der Waals surface area contributed by atoms with Gasteiger partial charge in [0, 0.05) is 11.7 Å². The normalized spacial score (nSPS) is 15.1. The van der Waals surface area contributed by atoms with E-state index in [9.17, 15) is 8.42 Å². The molecule has 21 heavy (non-hydrogen) atoms. The molecular weight excluding hydrogens is 284 g/mol. The minimum Gasteiger partial charge on any atom is -0.398 e. The molecular formula is C16H18N2O2S. The predicted octanol–water partition coefficient (Wildman–Crippen LogP) is 2.02. The van der Waals surface area contributed by atoms with Crippen molar-refractivity contribution in [1.29, 1.82) is 0 Å². The van der Waals surface area contributed by atoms with E-state index in [2.05, 4.69) is 4.72 Å². The van der Waals surface area contributed by atoms with Gasteiger partial charge in [-0.3, -0.25) is 0 Å². The van der Waals surface area contributed by atoms with Crippen molar-refractivity contribution in [3.05, 3.63) is 59.2 Å². The summed E-state index contributed by atoms with van der Waals surface area (Å²) in [4.78, 5) is 0.224.